The summed E-state index contributed by atoms with van der Waals surface area (Å²) in [6.45, 7) is 2.10. The lowest BCUT2D eigenvalue weighted by Crippen LogP contribution is -2.52. The first kappa shape index (κ1) is 26.3. The third-order valence-electron chi connectivity index (χ3n) is 6.62. The van der Waals surface area contributed by atoms with Gasteiger partial charge in [0.1, 0.15) is 17.6 Å². The van der Waals surface area contributed by atoms with Crippen molar-refractivity contribution in [3.63, 3.8) is 0 Å². The van der Waals surface area contributed by atoms with E-state index in [0.29, 0.717) is 56.0 Å². The van der Waals surface area contributed by atoms with Crippen molar-refractivity contribution in [3.8, 4) is 11.5 Å². The fourth-order valence-corrected chi connectivity index (χ4v) is 4.51. The number of carbonyl (C=O) groups excluding carboxylic acids is 2. The van der Waals surface area contributed by atoms with Gasteiger partial charge in [0.05, 0.1) is 5.92 Å². The number of anilines is 2. The first-order chi connectivity index (χ1) is 18.7. The minimum Gasteiger partial charge on any atom is -0.490 e. The van der Waals surface area contributed by atoms with Crippen LogP contribution in [0.2, 0.25) is 0 Å². The SMILES string of the molecule is O=C(Nc1ccc(OC2CCN(C(=O)c3ccc(OC(F)(F)F)cc3)CC2)cc1)C1CN(c2cccnn2)C1. The predicted octanol–water partition coefficient (Wildman–Crippen LogP) is 4.13. The van der Waals surface area contributed by atoms with Crippen LogP contribution in [0.5, 0.6) is 11.5 Å². The summed E-state index contributed by atoms with van der Waals surface area (Å²) in [7, 11) is 0. The number of alkyl halides is 3. The zero-order valence-electron chi connectivity index (χ0n) is 20.8. The number of ether oxygens (including phenoxy) is 2. The van der Waals surface area contributed by atoms with Gasteiger partial charge in [0.25, 0.3) is 5.91 Å². The third-order valence-corrected chi connectivity index (χ3v) is 6.62. The van der Waals surface area contributed by atoms with Gasteiger partial charge in [-0.3, -0.25) is 9.59 Å². The average molecular weight is 542 g/mol. The van der Waals surface area contributed by atoms with E-state index in [-0.39, 0.29) is 29.6 Å². The normalized spacial score (nSPS) is 16.4. The maximum Gasteiger partial charge on any atom is 0.573 e. The number of carbonyl (C=O) groups is 2. The van der Waals surface area contributed by atoms with Gasteiger partial charge in [0.15, 0.2) is 5.82 Å². The molecule has 2 saturated heterocycles. The minimum absolute atomic E-state index is 0.0524. The molecule has 5 rings (SSSR count). The highest BCUT2D eigenvalue weighted by Gasteiger charge is 2.34. The minimum atomic E-state index is -4.78. The number of hydrogen-bond donors (Lipinski definition) is 1. The van der Waals surface area contributed by atoms with Crippen LogP contribution in [-0.2, 0) is 4.79 Å². The summed E-state index contributed by atoms with van der Waals surface area (Å²) in [6, 6.07) is 15.7. The Morgan fingerprint density at radius 3 is 2.21 bits per heavy atom. The number of hydrogen-bond acceptors (Lipinski definition) is 7. The molecular weight excluding hydrogens is 515 g/mol. The molecule has 0 spiro atoms. The van der Waals surface area contributed by atoms with E-state index in [1.54, 1.807) is 35.4 Å². The molecule has 39 heavy (non-hydrogen) atoms. The van der Waals surface area contributed by atoms with Gasteiger partial charge in [-0.15, -0.1) is 18.3 Å². The van der Waals surface area contributed by atoms with Gasteiger partial charge < -0.3 is 24.6 Å². The van der Waals surface area contributed by atoms with E-state index in [2.05, 4.69) is 20.3 Å². The fraction of sp³-hybridized carbons (Fsp3) is 0.333. The van der Waals surface area contributed by atoms with Crippen molar-refractivity contribution < 1.29 is 32.2 Å². The molecule has 1 aromatic heterocycles. The molecule has 9 nitrogen and oxygen atoms in total. The average Bonchev–Trinajstić information content (AvgIpc) is 2.89. The van der Waals surface area contributed by atoms with Gasteiger partial charge in [-0.2, -0.15) is 5.10 Å². The van der Waals surface area contributed by atoms with Crippen LogP contribution in [0, 0.1) is 5.92 Å². The highest BCUT2D eigenvalue weighted by atomic mass is 19.4. The van der Waals surface area contributed by atoms with Crippen LogP contribution in [0.1, 0.15) is 23.2 Å². The Hall–Kier alpha value is -4.35. The molecule has 0 radical (unpaired) electrons. The summed E-state index contributed by atoms with van der Waals surface area (Å²) in [5, 5.41) is 10.8. The van der Waals surface area contributed by atoms with Crippen LogP contribution in [0.4, 0.5) is 24.7 Å². The Bertz CT molecular complexity index is 1280. The van der Waals surface area contributed by atoms with Gasteiger partial charge in [0.2, 0.25) is 5.91 Å². The highest BCUT2D eigenvalue weighted by molar-refractivity contribution is 5.95. The Balaban J connectivity index is 1.05. The molecule has 3 heterocycles. The standard InChI is InChI=1S/C27H26F3N5O4/c28-27(29,30)39-23-7-3-18(4-8-23)26(37)34-14-11-22(12-15-34)38-21-9-5-20(6-10-21)32-25(36)19-16-35(17-19)24-2-1-13-31-33-24/h1-10,13,19,22H,11-12,14-17H2,(H,32,36). The molecule has 0 saturated carbocycles. The maximum atomic E-state index is 12.7. The number of rotatable bonds is 7. The second-order valence-corrected chi connectivity index (χ2v) is 9.38. The Kier molecular flexibility index (Phi) is 7.53. The highest BCUT2D eigenvalue weighted by Crippen LogP contribution is 2.26. The van der Waals surface area contributed by atoms with Crippen LogP contribution in [0.25, 0.3) is 0 Å². The molecule has 0 unspecified atom stereocenters. The van der Waals surface area contributed by atoms with E-state index >= 15 is 0 Å². The lowest BCUT2D eigenvalue weighted by molar-refractivity contribution is -0.274. The number of nitrogens with zero attached hydrogens (tertiary/aromatic N) is 4. The molecule has 1 N–H and O–H groups in total. The number of piperidine rings is 1. The van der Waals surface area contributed by atoms with Crippen LogP contribution >= 0.6 is 0 Å². The number of benzene rings is 2. The topological polar surface area (TPSA) is 96.9 Å². The second kappa shape index (κ2) is 11.2. The summed E-state index contributed by atoms with van der Waals surface area (Å²) in [5.74, 6) is 0.621. The van der Waals surface area contributed by atoms with Gasteiger partial charge in [-0.25, -0.2) is 0 Å². The number of amides is 2. The lowest BCUT2D eigenvalue weighted by Gasteiger charge is -2.38. The van der Waals surface area contributed by atoms with Gasteiger partial charge in [-0.05, 0) is 60.7 Å². The molecule has 2 amide bonds. The Labute approximate surface area is 222 Å². The van der Waals surface area contributed by atoms with E-state index in [1.807, 2.05) is 17.0 Å². The van der Waals surface area contributed by atoms with Gasteiger partial charge >= 0.3 is 6.36 Å². The molecule has 2 aromatic carbocycles. The van der Waals surface area contributed by atoms with Gasteiger partial charge in [-0.1, -0.05) is 0 Å². The number of aromatic nitrogens is 2. The number of halogens is 3. The van der Waals surface area contributed by atoms with Crippen molar-refractivity contribution in [2.24, 2.45) is 5.92 Å². The molecule has 2 aliphatic rings. The van der Waals surface area contributed by atoms with Gasteiger partial charge in [0, 0.05) is 56.5 Å². The van der Waals surface area contributed by atoms with Crippen LogP contribution in [0.15, 0.2) is 66.9 Å². The molecule has 12 heteroatoms. The molecular formula is C27H26F3N5O4. The summed E-state index contributed by atoms with van der Waals surface area (Å²) < 4.78 is 46.9. The largest absolute Gasteiger partial charge is 0.573 e. The van der Waals surface area contributed by atoms with Crippen molar-refractivity contribution in [3.05, 3.63) is 72.4 Å². The second-order valence-electron chi connectivity index (χ2n) is 9.38. The molecule has 3 aromatic rings. The molecule has 0 atom stereocenters. The van der Waals surface area contributed by atoms with Crippen LogP contribution in [0.3, 0.4) is 0 Å². The van der Waals surface area contributed by atoms with E-state index < -0.39 is 6.36 Å². The summed E-state index contributed by atoms with van der Waals surface area (Å²) in [4.78, 5) is 28.9. The zero-order valence-corrected chi connectivity index (χ0v) is 20.8. The first-order valence-corrected chi connectivity index (χ1v) is 12.5. The molecule has 2 fully saturated rings. The lowest BCUT2D eigenvalue weighted by atomic mass is 9.99. The number of nitrogens with one attached hydrogen (secondary N) is 1. The monoisotopic (exact) mass is 541 g/mol. The third kappa shape index (κ3) is 6.75. The zero-order chi connectivity index (χ0) is 27.4. The molecule has 0 aliphatic carbocycles. The quantitative estimate of drug-likeness (QED) is 0.481. The summed E-state index contributed by atoms with van der Waals surface area (Å²) >= 11 is 0. The smallest absolute Gasteiger partial charge is 0.490 e. The van der Waals surface area contributed by atoms with Crippen molar-refractivity contribution in [1.29, 1.82) is 0 Å². The van der Waals surface area contributed by atoms with Crippen LogP contribution < -0.4 is 19.7 Å². The van der Waals surface area contributed by atoms with Crippen molar-refractivity contribution in [2.75, 3.05) is 36.4 Å². The van der Waals surface area contributed by atoms with Crippen LogP contribution in [-0.4, -0.2) is 65.6 Å². The maximum absolute atomic E-state index is 12.7. The molecule has 204 valence electrons. The summed E-state index contributed by atoms with van der Waals surface area (Å²) in [6.07, 6.45) is -2.03. The van der Waals surface area contributed by atoms with E-state index in [0.717, 1.165) is 18.0 Å². The Morgan fingerprint density at radius 1 is 0.923 bits per heavy atom. The van der Waals surface area contributed by atoms with E-state index in [4.69, 9.17) is 4.74 Å². The number of likely N-dealkylation sites (tertiary alicyclic amines) is 1. The van der Waals surface area contributed by atoms with Crippen molar-refractivity contribution in [2.45, 2.75) is 25.3 Å². The fourth-order valence-electron chi connectivity index (χ4n) is 4.51. The summed E-state index contributed by atoms with van der Waals surface area (Å²) in [5.41, 5.74) is 0.974. The van der Waals surface area contributed by atoms with Crippen molar-refractivity contribution in [1.82, 2.24) is 15.1 Å². The van der Waals surface area contributed by atoms with E-state index in [9.17, 15) is 22.8 Å². The molecule has 2 aliphatic heterocycles. The van der Waals surface area contributed by atoms with Crippen molar-refractivity contribution >= 4 is 23.3 Å². The first-order valence-electron chi connectivity index (χ1n) is 12.5. The predicted molar refractivity (Wildman–Crippen MR) is 135 cm³/mol. The Morgan fingerprint density at radius 2 is 1.59 bits per heavy atom. The molecule has 0 bridgehead atoms. The van der Waals surface area contributed by atoms with E-state index in [1.165, 1.54) is 12.1 Å².